The average molecular weight is 461 g/mol. The number of thiophene rings is 1. The lowest BCUT2D eigenvalue weighted by molar-refractivity contribution is -0.113. The Morgan fingerprint density at radius 1 is 1.23 bits per heavy atom. The van der Waals surface area contributed by atoms with E-state index in [1.807, 2.05) is 43.7 Å². The molecule has 0 bridgehead atoms. The molecule has 31 heavy (non-hydrogen) atoms. The van der Waals surface area contributed by atoms with Gasteiger partial charge in [0, 0.05) is 7.05 Å². The van der Waals surface area contributed by atoms with Crippen molar-refractivity contribution in [1.82, 2.24) is 14.8 Å². The first-order valence-corrected chi connectivity index (χ1v) is 11.4. The van der Waals surface area contributed by atoms with Crippen molar-refractivity contribution in [3.63, 3.8) is 0 Å². The van der Waals surface area contributed by atoms with E-state index in [-0.39, 0.29) is 17.8 Å². The maximum atomic E-state index is 12.3. The van der Waals surface area contributed by atoms with E-state index in [9.17, 15) is 9.59 Å². The third kappa shape index (κ3) is 5.45. The topological polar surface area (TPSA) is 95.3 Å². The fourth-order valence-electron chi connectivity index (χ4n) is 2.82. The van der Waals surface area contributed by atoms with Gasteiger partial charge in [-0.3, -0.25) is 4.79 Å². The first-order chi connectivity index (χ1) is 14.8. The monoisotopic (exact) mass is 460 g/mol. The molecule has 0 radical (unpaired) electrons. The predicted molar refractivity (Wildman–Crippen MR) is 121 cm³/mol. The molecule has 0 aliphatic rings. The van der Waals surface area contributed by atoms with Crippen LogP contribution in [-0.4, -0.2) is 39.5 Å². The Morgan fingerprint density at radius 2 is 2.00 bits per heavy atom. The molecule has 1 aromatic carbocycles. The second kappa shape index (κ2) is 9.97. The lowest BCUT2D eigenvalue weighted by Gasteiger charge is -2.15. The molecule has 164 valence electrons. The normalized spacial score (nSPS) is 11.8. The molecule has 1 unspecified atom stereocenters. The zero-order valence-electron chi connectivity index (χ0n) is 18.0. The lowest BCUT2D eigenvalue weighted by atomic mass is 10.1. The van der Waals surface area contributed by atoms with Crippen molar-refractivity contribution in [3.8, 4) is 5.75 Å². The van der Waals surface area contributed by atoms with Gasteiger partial charge in [0.1, 0.15) is 10.8 Å². The molecule has 3 rings (SSSR count). The molecule has 3 aromatic rings. The van der Waals surface area contributed by atoms with E-state index in [1.54, 1.807) is 11.4 Å². The standard InChI is InChI=1S/C21H24N4O4S2/c1-12-6-7-15(10-13(12)2)29-14(3)18-23-24-21(25(18)4)31-11-17(26)22-19-16(8-9-30-19)20(27)28-5/h6-10,14H,11H2,1-5H3,(H,22,26). The van der Waals surface area contributed by atoms with Gasteiger partial charge < -0.3 is 19.4 Å². The summed E-state index contributed by atoms with van der Waals surface area (Å²) in [7, 11) is 3.14. The largest absolute Gasteiger partial charge is 0.483 e. The highest BCUT2D eigenvalue weighted by Crippen LogP contribution is 2.26. The summed E-state index contributed by atoms with van der Waals surface area (Å²) < 4.78 is 12.6. The second-order valence-electron chi connectivity index (χ2n) is 6.90. The molecule has 0 saturated carbocycles. The van der Waals surface area contributed by atoms with Crippen molar-refractivity contribution >= 4 is 40.0 Å². The number of nitrogens with one attached hydrogen (secondary N) is 1. The number of esters is 1. The maximum Gasteiger partial charge on any atom is 0.340 e. The summed E-state index contributed by atoms with van der Waals surface area (Å²) in [5.74, 6) is 0.815. The fraction of sp³-hybridized carbons (Fsp3) is 0.333. The van der Waals surface area contributed by atoms with Crippen molar-refractivity contribution in [2.45, 2.75) is 32.0 Å². The molecule has 10 heteroatoms. The van der Waals surface area contributed by atoms with Gasteiger partial charge in [0.15, 0.2) is 17.1 Å². The number of anilines is 1. The molecule has 1 atom stereocenters. The molecule has 0 spiro atoms. The summed E-state index contributed by atoms with van der Waals surface area (Å²) >= 11 is 2.52. The minimum absolute atomic E-state index is 0.122. The van der Waals surface area contributed by atoms with Gasteiger partial charge in [-0.2, -0.15) is 0 Å². The zero-order valence-corrected chi connectivity index (χ0v) is 19.6. The van der Waals surface area contributed by atoms with Crippen LogP contribution in [0.15, 0.2) is 34.8 Å². The van der Waals surface area contributed by atoms with Crippen LogP contribution in [-0.2, 0) is 16.6 Å². The first-order valence-electron chi connectivity index (χ1n) is 9.51. The highest BCUT2D eigenvalue weighted by molar-refractivity contribution is 7.99. The number of hydrogen-bond donors (Lipinski definition) is 1. The number of amides is 1. The SMILES string of the molecule is COC(=O)c1ccsc1NC(=O)CSc1nnc(C(C)Oc2ccc(C)c(C)c2)n1C. The van der Waals surface area contributed by atoms with Crippen LogP contribution >= 0.6 is 23.1 Å². The van der Waals surface area contributed by atoms with E-state index in [2.05, 4.69) is 22.4 Å². The number of ether oxygens (including phenoxy) is 2. The molecule has 0 aliphatic carbocycles. The van der Waals surface area contributed by atoms with Gasteiger partial charge in [-0.1, -0.05) is 17.8 Å². The van der Waals surface area contributed by atoms with Crippen molar-refractivity contribution in [2.24, 2.45) is 7.05 Å². The molecule has 0 fully saturated rings. The number of methoxy groups -OCH3 is 1. The average Bonchev–Trinajstić information content (AvgIpc) is 3.35. The summed E-state index contributed by atoms with van der Waals surface area (Å²) in [4.78, 5) is 24.1. The van der Waals surface area contributed by atoms with E-state index >= 15 is 0 Å². The molecule has 1 amide bonds. The van der Waals surface area contributed by atoms with E-state index < -0.39 is 5.97 Å². The van der Waals surface area contributed by atoms with Crippen molar-refractivity contribution in [2.75, 3.05) is 18.2 Å². The number of aryl methyl sites for hydroxylation is 2. The predicted octanol–water partition coefficient (Wildman–Crippen LogP) is 4.15. The molecular weight excluding hydrogens is 436 g/mol. The van der Waals surface area contributed by atoms with Crippen LogP contribution in [0.25, 0.3) is 0 Å². The number of thioether (sulfide) groups is 1. The number of rotatable bonds is 8. The number of hydrogen-bond acceptors (Lipinski definition) is 8. The minimum Gasteiger partial charge on any atom is -0.483 e. The van der Waals surface area contributed by atoms with Crippen molar-refractivity contribution in [3.05, 3.63) is 52.2 Å². The number of nitrogens with zero attached hydrogens (tertiary/aromatic N) is 3. The number of aromatic nitrogens is 3. The molecule has 2 heterocycles. The van der Waals surface area contributed by atoms with Crippen LogP contribution in [0, 0.1) is 13.8 Å². The third-order valence-corrected chi connectivity index (χ3v) is 6.53. The number of carbonyl (C=O) groups is 2. The molecule has 0 saturated heterocycles. The van der Waals surface area contributed by atoms with Gasteiger partial charge in [-0.15, -0.1) is 21.5 Å². The van der Waals surface area contributed by atoms with Gasteiger partial charge in [0.05, 0.1) is 18.4 Å². The Morgan fingerprint density at radius 3 is 2.71 bits per heavy atom. The Hall–Kier alpha value is -2.85. The van der Waals surface area contributed by atoms with Crippen LogP contribution in [0.2, 0.25) is 0 Å². The smallest absolute Gasteiger partial charge is 0.340 e. The molecule has 1 N–H and O–H groups in total. The summed E-state index contributed by atoms with van der Waals surface area (Å²) in [6.07, 6.45) is -0.309. The van der Waals surface area contributed by atoms with Gasteiger partial charge in [-0.25, -0.2) is 4.79 Å². The van der Waals surface area contributed by atoms with Gasteiger partial charge in [0.25, 0.3) is 0 Å². The Labute approximate surface area is 189 Å². The molecule has 0 aliphatic heterocycles. The van der Waals surface area contributed by atoms with E-state index in [4.69, 9.17) is 9.47 Å². The van der Waals surface area contributed by atoms with Gasteiger partial charge >= 0.3 is 5.97 Å². The van der Waals surface area contributed by atoms with Crippen LogP contribution in [0.4, 0.5) is 5.00 Å². The van der Waals surface area contributed by atoms with Crippen LogP contribution < -0.4 is 10.1 Å². The Bertz CT molecular complexity index is 1090. The molecular formula is C21H24N4O4S2. The number of carbonyl (C=O) groups excluding carboxylic acids is 2. The summed E-state index contributed by atoms with van der Waals surface area (Å²) in [5, 5.41) is 13.9. The quantitative estimate of drug-likeness (QED) is 0.398. The lowest BCUT2D eigenvalue weighted by Crippen LogP contribution is -2.16. The summed E-state index contributed by atoms with van der Waals surface area (Å²) in [5.41, 5.74) is 2.70. The number of benzene rings is 1. The fourth-order valence-corrected chi connectivity index (χ4v) is 4.33. The summed E-state index contributed by atoms with van der Waals surface area (Å²) in [6.45, 7) is 6.00. The Balaban J connectivity index is 1.60. The van der Waals surface area contributed by atoms with Crippen molar-refractivity contribution < 1.29 is 19.1 Å². The molecule has 2 aromatic heterocycles. The van der Waals surface area contributed by atoms with Crippen molar-refractivity contribution in [1.29, 1.82) is 0 Å². The summed E-state index contributed by atoms with van der Waals surface area (Å²) in [6, 6.07) is 7.57. The third-order valence-electron chi connectivity index (χ3n) is 4.68. The van der Waals surface area contributed by atoms with Crippen LogP contribution in [0.1, 0.15) is 40.3 Å². The van der Waals surface area contributed by atoms with Crippen LogP contribution in [0.3, 0.4) is 0 Å². The zero-order chi connectivity index (χ0) is 22.5. The first kappa shape index (κ1) is 22.8. The maximum absolute atomic E-state index is 12.3. The minimum atomic E-state index is -0.486. The van der Waals surface area contributed by atoms with E-state index in [1.165, 1.54) is 35.8 Å². The second-order valence-corrected chi connectivity index (χ2v) is 8.76. The highest BCUT2D eigenvalue weighted by atomic mass is 32.2. The van der Waals surface area contributed by atoms with Gasteiger partial charge in [-0.05, 0) is 55.5 Å². The Kier molecular flexibility index (Phi) is 7.34. The van der Waals surface area contributed by atoms with E-state index in [0.29, 0.717) is 21.5 Å². The highest BCUT2D eigenvalue weighted by Gasteiger charge is 2.19. The van der Waals surface area contributed by atoms with E-state index in [0.717, 1.165) is 11.3 Å². The van der Waals surface area contributed by atoms with Gasteiger partial charge in [0.2, 0.25) is 5.91 Å². The molecule has 8 nitrogen and oxygen atoms in total. The van der Waals surface area contributed by atoms with Crippen LogP contribution in [0.5, 0.6) is 5.75 Å².